The van der Waals surface area contributed by atoms with Gasteiger partial charge in [-0.15, -0.1) is 0 Å². The Hall–Kier alpha value is -2.28. The molecule has 2 N–H and O–H groups in total. The summed E-state index contributed by atoms with van der Waals surface area (Å²) in [5.74, 6) is -1.49. The molecule has 3 amide bonds. The van der Waals surface area contributed by atoms with Crippen LogP contribution in [0.5, 0.6) is 0 Å². The second-order valence-electron chi connectivity index (χ2n) is 6.88. The molecule has 2 unspecified atom stereocenters. The van der Waals surface area contributed by atoms with Gasteiger partial charge in [0.1, 0.15) is 0 Å². The number of rotatable bonds is 5. The number of amides is 3. The maximum absolute atomic E-state index is 12.5. The van der Waals surface area contributed by atoms with Crippen LogP contribution in [0.4, 0.5) is 10.5 Å². The molecular weight excluding hydrogens is 370 g/mol. The molecule has 1 aromatic carbocycles. The van der Waals surface area contributed by atoms with Gasteiger partial charge >= 0.3 is 12.0 Å². The summed E-state index contributed by atoms with van der Waals surface area (Å²) >= 11 is 6.25. The average Bonchev–Trinajstić information content (AvgIpc) is 2.62. The molecule has 0 aromatic heterocycles. The number of urea groups is 1. The topological polar surface area (TPSA) is 90.0 Å². The summed E-state index contributed by atoms with van der Waals surface area (Å²) in [7, 11) is 0. The van der Waals surface area contributed by atoms with Crippen molar-refractivity contribution in [3.63, 3.8) is 0 Å². The number of hydrogen-bond acceptors (Lipinski definition) is 3. The zero-order valence-electron chi connectivity index (χ0n) is 15.9. The van der Waals surface area contributed by atoms with E-state index in [0.717, 1.165) is 0 Å². The van der Waals surface area contributed by atoms with Crippen molar-refractivity contribution < 1.29 is 19.5 Å². The number of piperidine rings is 1. The predicted molar refractivity (Wildman–Crippen MR) is 104 cm³/mol. The molecular formula is C19H26ClN3O4. The first-order valence-corrected chi connectivity index (χ1v) is 9.52. The van der Waals surface area contributed by atoms with Gasteiger partial charge in [0.05, 0.1) is 16.5 Å². The molecule has 0 saturated carbocycles. The number of carbonyl (C=O) groups is 3. The fourth-order valence-corrected chi connectivity index (χ4v) is 3.61. The van der Waals surface area contributed by atoms with Crippen molar-refractivity contribution in [3.05, 3.63) is 28.8 Å². The Balaban J connectivity index is 2.09. The number of halogens is 1. The van der Waals surface area contributed by atoms with Gasteiger partial charge in [-0.25, -0.2) is 4.79 Å². The zero-order valence-corrected chi connectivity index (χ0v) is 16.6. The maximum Gasteiger partial charge on any atom is 0.321 e. The van der Waals surface area contributed by atoms with Crippen molar-refractivity contribution in [2.75, 3.05) is 31.5 Å². The van der Waals surface area contributed by atoms with Crippen molar-refractivity contribution in [2.45, 2.75) is 27.2 Å². The summed E-state index contributed by atoms with van der Waals surface area (Å²) in [4.78, 5) is 39.4. The number of hydrogen-bond donors (Lipinski definition) is 2. The van der Waals surface area contributed by atoms with Crippen LogP contribution in [-0.2, 0) is 4.79 Å². The third kappa shape index (κ3) is 5.13. The van der Waals surface area contributed by atoms with E-state index >= 15 is 0 Å². The highest BCUT2D eigenvalue weighted by Gasteiger charge is 2.32. The SMILES string of the molecule is CCN(CC)C(=O)c1ccc(NC(=O)N2CC(C)CC(C(=O)O)C2)cc1Cl. The van der Waals surface area contributed by atoms with Crippen LogP contribution in [0.15, 0.2) is 18.2 Å². The summed E-state index contributed by atoms with van der Waals surface area (Å²) in [6, 6.07) is 4.39. The Morgan fingerprint density at radius 3 is 2.48 bits per heavy atom. The van der Waals surface area contributed by atoms with E-state index < -0.39 is 11.9 Å². The molecule has 0 spiro atoms. The molecule has 148 valence electrons. The largest absolute Gasteiger partial charge is 0.481 e. The molecule has 1 heterocycles. The lowest BCUT2D eigenvalue weighted by Crippen LogP contribution is -2.47. The quantitative estimate of drug-likeness (QED) is 0.799. The van der Waals surface area contributed by atoms with E-state index in [1.165, 1.54) is 11.0 Å². The number of carboxylic acid groups (broad SMARTS) is 1. The molecule has 8 heteroatoms. The van der Waals surface area contributed by atoms with Gasteiger partial charge in [-0.1, -0.05) is 18.5 Å². The Bertz CT molecular complexity index is 721. The summed E-state index contributed by atoms with van der Waals surface area (Å²) < 4.78 is 0. The van der Waals surface area contributed by atoms with Gasteiger partial charge in [-0.05, 0) is 44.4 Å². The molecule has 0 radical (unpaired) electrons. The minimum atomic E-state index is -0.887. The van der Waals surface area contributed by atoms with Crippen molar-refractivity contribution in [3.8, 4) is 0 Å². The summed E-state index contributed by atoms with van der Waals surface area (Å²) in [5.41, 5.74) is 0.849. The van der Waals surface area contributed by atoms with Crippen LogP contribution in [0.25, 0.3) is 0 Å². The van der Waals surface area contributed by atoms with Crippen LogP contribution in [0.2, 0.25) is 5.02 Å². The van der Waals surface area contributed by atoms with Crippen molar-refractivity contribution >= 4 is 35.2 Å². The van der Waals surface area contributed by atoms with E-state index in [4.69, 9.17) is 11.6 Å². The van der Waals surface area contributed by atoms with Crippen LogP contribution in [0.1, 0.15) is 37.6 Å². The van der Waals surface area contributed by atoms with Crippen LogP contribution in [0, 0.1) is 11.8 Å². The van der Waals surface area contributed by atoms with E-state index in [1.54, 1.807) is 17.0 Å². The van der Waals surface area contributed by atoms with Crippen LogP contribution < -0.4 is 5.32 Å². The van der Waals surface area contributed by atoms with Gasteiger partial charge in [0.2, 0.25) is 0 Å². The van der Waals surface area contributed by atoms with E-state index in [0.29, 0.717) is 37.3 Å². The molecule has 2 atom stereocenters. The molecule has 0 aliphatic carbocycles. The standard InChI is InChI=1S/C19H26ClN3O4/c1-4-22(5-2)17(24)15-7-6-14(9-16(15)20)21-19(27)23-10-12(3)8-13(11-23)18(25)26/h6-7,9,12-13H,4-5,8,10-11H2,1-3H3,(H,21,27)(H,25,26). The summed E-state index contributed by atoms with van der Waals surface area (Å²) in [6.45, 7) is 7.57. The van der Waals surface area contributed by atoms with E-state index in [9.17, 15) is 19.5 Å². The molecule has 2 rings (SSSR count). The first kappa shape index (κ1) is 21.0. The van der Waals surface area contributed by atoms with Crippen molar-refractivity contribution in [2.24, 2.45) is 11.8 Å². The van der Waals surface area contributed by atoms with Gasteiger partial charge in [0.25, 0.3) is 5.91 Å². The monoisotopic (exact) mass is 395 g/mol. The fourth-order valence-electron chi connectivity index (χ4n) is 3.35. The Labute approximate surface area is 164 Å². The number of likely N-dealkylation sites (tertiary alicyclic amines) is 1. The number of aliphatic carboxylic acids is 1. The highest BCUT2D eigenvalue weighted by atomic mass is 35.5. The van der Waals surface area contributed by atoms with E-state index in [1.807, 2.05) is 20.8 Å². The third-order valence-electron chi connectivity index (χ3n) is 4.80. The summed E-state index contributed by atoms with van der Waals surface area (Å²) in [6.07, 6.45) is 0.563. The lowest BCUT2D eigenvalue weighted by atomic mass is 9.91. The first-order chi connectivity index (χ1) is 12.8. The number of carbonyl (C=O) groups excluding carboxylic acids is 2. The molecule has 27 heavy (non-hydrogen) atoms. The highest BCUT2D eigenvalue weighted by molar-refractivity contribution is 6.34. The lowest BCUT2D eigenvalue weighted by Gasteiger charge is -2.34. The number of benzene rings is 1. The zero-order chi connectivity index (χ0) is 20.1. The smallest absolute Gasteiger partial charge is 0.321 e. The molecule has 0 bridgehead atoms. The molecule has 1 aliphatic heterocycles. The summed E-state index contributed by atoms with van der Waals surface area (Å²) in [5, 5.41) is 12.2. The van der Waals surface area contributed by atoms with Gasteiger partial charge in [0, 0.05) is 31.9 Å². The predicted octanol–water partition coefficient (Wildman–Crippen LogP) is 3.40. The van der Waals surface area contributed by atoms with Crippen molar-refractivity contribution in [1.29, 1.82) is 0 Å². The van der Waals surface area contributed by atoms with Crippen molar-refractivity contribution in [1.82, 2.24) is 9.80 Å². The molecule has 1 aliphatic rings. The molecule has 1 aromatic rings. The van der Waals surface area contributed by atoms with Gasteiger partial charge in [-0.3, -0.25) is 9.59 Å². The number of carboxylic acids is 1. The Morgan fingerprint density at radius 1 is 1.26 bits per heavy atom. The molecule has 1 saturated heterocycles. The molecule has 1 fully saturated rings. The minimum Gasteiger partial charge on any atom is -0.481 e. The fraction of sp³-hybridized carbons (Fsp3) is 0.526. The van der Waals surface area contributed by atoms with Gasteiger partial charge in [-0.2, -0.15) is 0 Å². The third-order valence-corrected chi connectivity index (χ3v) is 5.11. The first-order valence-electron chi connectivity index (χ1n) is 9.14. The Kier molecular flexibility index (Phi) is 7.07. The number of nitrogens with zero attached hydrogens (tertiary/aromatic N) is 2. The second kappa shape index (κ2) is 9.08. The van der Waals surface area contributed by atoms with Gasteiger partial charge in [0.15, 0.2) is 0 Å². The lowest BCUT2D eigenvalue weighted by molar-refractivity contribution is -0.143. The van der Waals surface area contributed by atoms with Crippen LogP contribution in [-0.4, -0.2) is 59.0 Å². The Morgan fingerprint density at radius 2 is 1.93 bits per heavy atom. The second-order valence-corrected chi connectivity index (χ2v) is 7.29. The number of anilines is 1. The maximum atomic E-state index is 12.5. The van der Waals surface area contributed by atoms with E-state index in [-0.39, 0.29) is 29.4 Å². The van der Waals surface area contributed by atoms with Crippen LogP contribution >= 0.6 is 11.6 Å². The van der Waals surface area contributed by atoms with Gasteiger partial charge < -0.3 is 20.2 Å². The number of nitrogens with one attached hydrogen (secondary N) is 1. The molecule has 7 nitrogen and oxygen atoms in total. The highest BCUT2D eigenvalue weighted by Crippen LogP contribution is 2.25. The average molecular weight is 396 g/mol. The minimum absolute atomic E-state index is 0.114. The van der Waals surface area contributed by atoms with E-state index in [2.05, 4.69) is 5.32 Å². The normalized spacial score (nSPS) is 19.5. The van der Waals surface area contributed by atoms with Crippen LogP contribution in [0.3, 0.4) is 0 Å².